The molecular weight excluding hydrogens is 508 g/mol. The lowest BCUT2D eigenvalue weighted by molar-refractivity contribution is 0.103. The van der Waals surface area contributed by atoms with Crippen LogP contribution < -0.4 is 18.9 Å². The third-order valence-corrected chi connectivity index (χ3v) is 6.63. The quantitative estimate of drug-likeness (QED) is 0.110. The van der Waals surface area contributed by atoms with Gasteiger partial charge in [-0.1, -0.05) is 79.1 Å². The lowest BCUT2D eigenvalue weighted by atomic mass is 10.0. The summed E-state index contributed by atoms with van der Waals surface area (Å²) < 4.78 is 23.5. The maximum absolute atomic E-state index is 13.8. The molecule has 7 nitrogen and oxygen atoms in total. The zero-order valence-corrected chi connectivity index (χ0v) is 25.1. The zero-order chi connectivity index (χ0) is 29.2. The van der Waals surface area contributed by atoms with Gasteiger partial charge >= 0.3 is 0 Å². The first-order chi connectivity index (χ1) is 19.5. The maximum Gasteiger partial charge on any atom is 0.200 e. The molecule has 0 aliphatic carbocycles. The largest absolute Gasteiger partial charge is 0.502 e. The Morgan fingerprint density at radius 3 is 0.975 bits per heavy atom. The van der Waals surface area contributed by atoms with Crippen molar-refractivity contribution < 1.29 is 34.0 Å². The molecule has 40 heavy (non-hydrogen) atoms. The van der Waals surface area contributed by atoms with E-state index in [9.17, 15) is 15.0 Å². The minimum atomic E-state index is -0.311. The summed E-state index contributed by atoms with van der Waals surface area (Å²) in [7, 11) is 0. The Morgan fingerprint density at radius 2 is 0.750 bits per heavy atom. The van der Waals surface area contributed by atoms with Crippen LogP contribution in [-0.2, 0) is 0 Å². The number of carbonyl (C=O) groups is 1. The third kappa shape index (κ3) is 10.8. The highest BCUT2D eigenvalue weighted by atomic mass is 16.5. The lowest BCUT2D eigenvalue weighted by Crippen LogP contribution is -2.08. The first kappa shape index (κ1) is 33.1. The highest BCUT2D eigenvalue weighted by molar-refractivity contribution is 6.10. The predicted molar refractivity (Wildman–Crippen MR) is 160 cm³/mol. The van der Waals surface area contributed by atoms with Gasteiger partial charge in [0.1, 0.15) is 0 Å². The summed E-state index contributed by atoms with van der Waals surface area (Å²) in [4.78, 5) is 13.8. The van der Waals surface area contributed by atoms with Gasteiger partial charge in [0.05, 0.1) is 26.4 Å². The molecule has 2 aromatic carbocycles. The molecule has 0 bridgehead atoms. The van der Waals surface area contributed by atoms with Gasteiger partial charge in [-0.2, -0.15) is 0 Å². The Balaban J connectivity index is 2.41. The summed E-state index contributed by atoms with van der Waals surface area (Å²) in [5.41, 5.74) is 0.627. The maximum atomic E-state index is 13.8. The molecule has 0 spiro atoms. The Kier molecular flexibility index (Phi) is 15.8. The number of unbranched alkanes of at least 4 members (excludes halogenated alkanes) is 8. The second-order valence-electron chi connectivity index (χ2n) is 10.2. The molecule has 2 aromatic rings. The van der Waals surface area contributed by atoms with E-state index in [1.807, 2.05) is 0 Å². The SMILES string of the molecule is CCCCCOc1cc(C(=O)c2cc(OCCCCC)c(O)c(OCCCCC)c2)cc(OCCCCC)c1O. The van der Waals surface area contributed by atoms with Crippen LogP contribution in [0.15, 0.2) is 24.3 Å². The summed E-state index contributed by atoms with van der Waals surface area (Å²) in [5, 5.41) is 21.7. The van der Waals surface area contributed by atoms with Crippen LogP contribution in [0.2, 0.25) is 0 Å². The Hall–Kier alpha value is -3.09. The van der Waals surface area contributed by atoms with Gasteiger partial charge in [0.15, 0.2) is 28.8 Å². The van der Waals surface area contributed by atoms with Gasteiger partial charge < -0.3 is 29.2 Å². The minimum absolute atomic E-state index is 0.102. The molecule has 0 aliphatic heterocycles. The molecule has 0 fully saturated rings. The molecule has 0 heterocycles. The Labute approximate surface area is 240 Å². The predicted octanol–water partition coefficient (Wildman–Crippen LogP) is 8.60. The number of carbonyl (C=O) groups excluding carboxylic acids is 1. The standard InChI is InChI=1S/C33H50O7/c1-5-9-13-17-37-27-21-25(22-28(32(27)35)38-18-14-10-6-2)31(34)26-23-29(39-19-15-11-7-3)33(36)30(24-26)40-20-16-12-8-4/h21-24,35-36H,5-20H2,1-4H3. The molecule has 224 valence electrons. The normalized spacial score (nSPS) is 10.9. The summed E-state index contributed by atoms with van der Waals surface area (Å²) in [5.74, 6) is 0.368. The van der Waals surface area contributed by atoms with E-state index in [0.717, 1.165) is 77.0 Å². The van der Waals surface area contributed by atoms with Crippen LogP contribution in [0.5, 0.6) is 34.5 Å². The van der Waals surface area contributed by atoms with Gasteiger partial charge in [0.25, 0.3) is 0 Å². The van der Waals surface area contributed by atoms with Gasteiger partial charge in [-0.25, -0.2) is 0 Å². The van der Waals surface area contributed by atoms with Crippen molar-refractivity contribution in [2.24, 2.45) is 0 Å². The fourth-order valence-corrected chi connectivity index (χ4v) is 4.17. The second-order valence-corrected chi connectivity index (χ2v) is 10.2. The van der Waals surface area contributed by atoms with Crippen LogP contribution in [0, 0.1) is 0 Å². The number of ketones is 1. The number of phenolic OH excluding ortho intramolecular Hbond substituents is 2. The molecular formula is C33H50O7. The van der Waals surface area contributed by atoms with Crippen molar-refractivity contribution in [1.29, 1.82) is 0 Å². The second kappa shape index (κ2) is 19.1. The van der Waals surface area contributed by atoms with Crippen molar-refractivity contribution in [2.75, 3.05) is 26.4 Å². The molecule has 0 saturated carbocycles. The number of rotatable bonds is 22. The smallest absolute Gasteiger partial charge is 0.200 e. The Bertz CT molecular complexity index is 872. The summed E-state index contributed by atoms with van der Waals surface area (Å²) in [6.45, 7) is 10.2. The van der Waals surface area contributed by atoms with Crippen molar-refractivity contribution in [1.82, 2.24) is 0 Å². The van der Waals surface area contributed by atoms with E-state index in [0.29, 0.717) is 37.6 Å². The number of benzene rings is 2. The van der Waals surface area contributed by atoms with Gasteiger partial charge in [-0.05, 0) is 49.9 Å². The summed E-state index contributed by atoms with van der Waals surface area (Å²) >= 11 is 0. The lowest BCUT2D eigenvalue weighted by Gasteiger charge is -2.16. The first-order valence-electron chi connectivity index (χ1n) is 15.3. The van der Waals surface area contributed by atoms with Crippen molar-refractivity contribution in [2.45, 2.75) is 105 Å². The van der Waals surface area contributed by atoms with E-state index in [1.54, 1.807) is 24.3 Å². The van der Waals surface area contributed by atoms with Crippen molar-refractivity contribution >= 4 is 5.78 Å². The van der Waals surface area contributed by atoms with Gasteiger partial charge in [0.2, 0.25) is 11.5 Å². The number of hydrogen-bond acceptors (Lipinski definition) is 7. The molecule has 0 amide bonds. The molecule has 0 radical (unpaired) electrons. The van der Waals surface area contributed by atoms with Crippen molar-refractivity contribution in [3.05, 3.63) is 35.4 Å². The number of hydrogen-bond donors (Lipinski definition) is 2. The van der Waals surface area contributed by atoms with E-state index >= 15 is 0 Å². The minimum Gasteiger partial charge on any atom is -0.502 e. The van der Waals surface area contributed by atoms with Crippen LogP contribution >= 0.6 is 0 Å². The number of aromatic hydroxyl groups is 2. The van der Waals surface area contributed by atoms with E-state index in [1.165, 1.54) is 0 Å². The van der Waals surface area contributed by atoms with Crippen LogP contribution in [0.1, 0.15) is 121 Å². The van der Waals surface area contributed by atoms with Gasteiger partial charge in [0, 0.05) is 11.1 Å². The fourth-order valence-electron chi connectivity index (χ4n) is 4.17. The molecule has 0 aromatic heterocycles. The van der Waals surface area contributed by atoms with Crippen LogP contribution in [-0.4, -0.2) is 42.4 Å². The van der Waals surface area contributed by atoms with Crippen molar-refractivity contribution in [3.8, 4) is 34.5 Å². The average Bonchev–Trinajstić information content (AvgIpc) is 2.96. The topological polar surface area (TPSA) is 94.5 Å². The summed E-state index contributed by atoms with van der Waals surface area (Å²) in [6, 6.07) is 6.22. The molecule has 0 aliphatic rings. The fraction of sp³-hybridized carbons (Fsp3) is 0.606. The molecule has 0 unspecified atom stereocenters. The molecule has 0 saturated heterocycles. The number of phenols is 2. The van der Waals surface area contributed by atoms with Gasteiger partial charge in [-0.3, -0.25) is 4.79 Å². The molecule has 2 N–H and O–H groups in total. The molecule has 0 atom stereocenters. The first-order valence-corrected chi connectivity index (χ1v) is 15.3. The molecule has 7 heteroatoms. The van der Waals surface area contributed by atoms with E-state index in [2.05, 4.69) is 27.7 Å². The zero-order valence-electron chi connectivity index (χ0n) is 25.1. The van der Waals surface area contributed by atoms with Crippen LogP contribution in [0.3, 0.4) is 0 Å². The van der Waals surface area contributed by atoms with E-state index in [-0.39, 0.29) is 40.3 Å². The van der Waals surface area contributed by atoms with E-state index < -0.39 is 0 Å². The highest BCUT2D eigenvalue weighted by Crippen LogP contribution is 2.41. The average molecular weight is 559 g/mol. The van der Waals surface area contributed by atoms with Crippen LogP contribution in [0.25, 0.3) is 0 Å². The van der Waals surface area contributed by atoms with Gasteiger partial charge in [-0.15, -0.1) is 0 Å². The monoisotopic (exact) mass is 558 g/mol. The van der Waals surface area contributed by atoms with E-state index in [4.69, 9.17) is 18.9 Å². The third-order valence-electron chi connectivity index (χ3n) is 6.63. The Morgan fingerprint density at radius 1 is 0.500 bits per heavy atom. The van der Waals surface area contributed by atoms with Crippen molar-refractivity contribution in [3.63, 3.8) is 0 Å². The van der Waals surface area contributed by atoms with Crippen LogP contribution in [0.4, 0.5) is 0 Å². The highest BCUT2D eigenvalue weighted by Gasteiger charge is 2.22. The summed E-state index contributed by atoms with van der Waals surface area (Å²) in [6.07, 6.45) is 11.6. The number of ether oxygens (including phenoxy) is 4. The molecule has 2 rings (SSSR count).